The third-order valence-electron chi connectivity index (χ3n) is 2.63. The predicted molar refractivity (Wildman–Crippen MR) is 59.8 cm³/mol. The standard InChI is InChI=1S/C12H17NO2/c1-8-3-4-10(7-9(8)2)5-6-11(13)12(14)15/h3-4,7,11H,5-6,13H2,1-2H3,(H,14,15)/t11-/m1/s1. The molecule has 0 heterocycles. The van der Waals surface area contributed by atoms with Gasteiger partial charge in [-0.25, -0.2) is 0 Å². The van der Waals surface area contributed by atoms with Gasteiger partial charge in [0.25, 0.3) is 0 Å². The molecule has 0 aliphatic heterocycles. The summed E-state index contributed by atoms with van der Waals surface area (Å²) in [5, 5.41) is 8.63. The molecule has 0 bridgehead atoms. The van der Waals surface area contributed by atoms with Gasteiger partial charge in [0.15, 0.2) is 0 Å². The number of hydrogen-bond donors (Lipinski definition) is 2. The minimum Gasteiger partial charge on any atom is -0.480 e. The minimum absolute atomic E-state index is 0.484. The van der Waals surface area contributed by atoms with E-state index in [9.17, 15) is 4.79 Å². The maximum atomic E-state index is 10.5. The number of aryl methyl sites for hydroxylation is 3. The van der Waals surface area contributed by atoms with E-state index in [4.69, 9.17) is 10.8 Å². The van der Waals surface area contributed by atoms with Crippen molar-refractivity contribution in [3.05, 3.63) is 34.9 Å². The second kappa shape index (κ2) is 4.94. The SMILES string of the molecule is Cc1ccc(CC[C@@H](N)C(=O)O)cc1C. The summed E-state index contributed by atoms with van der Waals surface area (Å²) in [6, 6.07) is 5.41. The highest BCUT2D eigenvalue weighted by atomic mass is 16.4. The van der Waals surface area contributed by atoms with Gasteiger partial charge in [-0.3, -0.25) is 4.79 Å². The van der Waals surface area contributed by atoms with Crippen LogP contribution < -0.4 is 5.73 Å². The molecule has 0 spiro atoms. The van der Waals surface area contributed by atoms with Crippen LogP contribution in [0.25, 0.3) is 0 Å². The smallest absolute Gasteiger partial charge is 0.320 e. The van der Waals surface area contributed by atoms with Crippen molar-refractivity contribution >= 4 is 5.97 Å². The monoisotopic (exact) mass is 207 g/mol. The van der Waals surface area contributed by atoms with Crippen molar-refractivity contribution in [1.29, 1.82) is 0 Å². The molecular weight excluding hydrogens is 190 g/mol. The molecule has 0 aromatic heterocycles. The van der Waals surface area contributed by atoms with Crippen LogP contribution in [0.5, 0.6) is 0 Å². The van der Waals surface area contributed by atoms with E-state index in [2.05, 4.69) is 26.0 Å². The van der Waals surface area contributed by atoms with Crippen LogP contribution >= 0.6 is 0 Å². The van der Waals surface area contributed by atoms with Crippen molar-refractivity contribution < 1.29 is 9.90 Å². The van der Waals surface area contributed by atoms with Crippen molar-refractivity contribution in [2.24, 2.45) is 5.73 Å². The number of carbonyl (C=O) groups is 1. The van der Waals surface area contributed by atoms with Gasteiger partial charge in [0.2, 0.25) is 0 Å². The van der Waals surface area contributed by atoms with Crippen molar-refractivity contribution in [3.8, 4) is 0 Å². The Morgan fingerprint density at radius 3 is 2.60 bits per heavy atom. The van der Waals surface area contributed by atoms with Crippen molar-refractivity contribution in [3.63, 3.8) is 0 Å². The van der Waals surface area contributed by atoms with Crippen LogP contribution in [-0.4, -0.2) is 17.1 Å². The average molecular weight is 207 g/mol. The summed E-state index contributed by atoms with van der Waals surface area (Å²) < 4.78 is 0. The Labute approximate surface area is 89.9 Å². The van der Waals surface area contributed by atoms with Gasteiger partial charge >= 0.3 is 5.97 Å². The predicted octanol–water partition coefficient (Wildman–Crippen LogP) is 1.65. The number of benzene rings is 1. The first-order valence-corrected chi connectivity index (χ1v) is 5.05. The van der Waals surface area contributed by atoms with E-state index in [0.29, 0.717) is 12.8 Å². The summed E-state index contributed by atoms with van der Waals surface area (Å²) in [6.45, 7) is 4.11. The Hall–Kier alpha value is -1.35. The maximum absolute atomic E-state index is 10.5. The molecule has 0 unspecified atom stereocenters. The molecule has 0 fully saturated rings. The number of rotatable bonds is 4. The van der Waals surface area contributed by atoms with Gasteiger partial charge < -0.3 is 10.8 Å². The lowest BCUT2D eigenvalue weighted by Crippen LogP contribution is -2.30. The molecule has 3 heteroatoms. The molecule has 82 valence electrons. The van der Waals surface area contributed by atoms with Gasteiger partial charge in [-0.05, 0) is 43.4 Å². The van der Waals surface area contributed by atoms with Crippen LogP contribution in [0.2, 0.25) is 0 Å². The second-order valence-electron chi connectivity index (χ2n) is 3.90. The highest BCUT2D eigenvalue weighted by molar-refractivity contribution is 5.73. The minimum atomic E-state index is -0.932. The zero-order valence-electron chi connectivity index (χ0n) is 9.16. The van der Waals surface area contributed by atoms with Gasteiger partial charge in [0.05, 0.1) is 0 Å². The maximum Gasteiger partial charge on any atom is 0.320 e. The van der Waals surface area contributed by atoms with Crippen LogP contribution in [0.1, 0.15) is 23.1 Å². The third kappa shape index (κ3) is 3.36. The largest absolute Gasteiger partial charge is 0.480 e. The molecule has 0 saturated carbocycles. The van der Waals surface area contributed by atoms with Gasteiger partial charge in [-0.2, -0.15) is 0 Å². The summed E-state index contributed by atoms with van der Waals surface area (Å²) in [6.07, 6.45) is 1.20. The molecule has 1 atom stereocenters. The topological polar surface area (TPSA) is 63.3 Å². The number of hydrogen-bond acceptors (Lipinski definition) is 2. The molecule has 1 aromatic carbocycles. The molecule has 3 N–H and O–H groups in total. The first-order chi connectivity index (χ1) is 7.00. The van der Waals surface area contributed by atoms with E-state index in [1.54, 1.807) is 0 Å². The zero-order valence-corrected chi connectivity index (χ0v) is 9.16. The lowest BCUT2D eigenvalue weighted by molar-refractivity contribution is -0.138. The van der Waals surface area contributed by atoms with Crippen LogP contribution in [0.15, 0.2) is 18.2 Å². The molecule has 15 heavy (non-hydrogen) atoms. The van der Waals surface area contributed by atoms with Crippen molar-refractivity contribution in [1.82, 2.24) is 0 Å². The lowest BCUT2D eigenvalue weighted by atomic mass is 10.0. The molecule has 3 nitrogen and oxygen atoms in total. The molecule has 1 aromatic rings. The van der Waals surface area contributed by atoms with Gasteiger partial charge in [0, 0.05) is 0 Å². The summed E-state index contributed by atoms with van der Waals surface area (Å²) in [5.74, 6) is -0.932. The fraction of sp³-hybridized carbons (Fsp3) is 0.417. The Morgan fingerprint density at radius 1 is 1.40 bits per heavy atom. The van der Waals surface area contributed by atoms with E-state index in [1.807, 2.05) is 6.07 Å². The summed E-state index contributed by atoms with van der Waals surface area (Å²) in [5.41, 5.74) is 9.06. The number of carboxylic acids is 1. The highest BCUT2D eigenvalue weighted by Crippen LogP contribution is 2.11. The van der Waals surface area contributed by atoms with Crippen molar-refractivity contribution in [2.75, 3.05) is 0 Å². The van der Waals surface area contributed by atoms with Gasteiger partial charge in [0.1, 0.15) is 6.04 Å². The number of nitrogens with two attached hydrogens (primary N) is 1. The van der Waals surface area contributed by atoms with Crippen LogP contribution in [0, 0.1) is 13.8 Å². The summed E-state index contributed by atoms with van der Waals surface area (Å²) >= 11 is 0. The Balaban J connectivity index is 2.58. The Kier molecular flexibility index (Phi) is 3.86. The quantitative estimate of drug-likeness (QED) is 0.789. The van der Waals surface area contributed by atoms with Crippen LogP contribution in [-0.2, 0) is 11.2 Å². The third-order valence-corrected chi connectivity index (χ3v) is 2.63. The molecule has 1 rings (SSSR count). The summed E-state index contributed by atoms with van der Waals surface area (Å²) in [7, 11) is 0. The second-order valence-corrected chi connectivity index (χ2v) is 3.90. The Morgan fingerprint density at radius 2 is 2.07 bits per heavy atom. The fourth-order valence-corrected chi connectivity index (χ4v) is 1.40. The van der Waals surface area contributed by atoms with E-state index in [1.165, 1.54) is 11.1 Å². The first kappa shape index (κ1) is 11.7. The van der Waals surface area contributed by atoms with Crippen molar-refractivity contribution in [2.45, 2.75) is 32.7 Å². The highest BCUT2D eigenvalue weighted by Gasteiger charge is 2.10. The molecule has 0 radical (unpaired) electrons. The summed E-state index contributed by atoms with van der Waals surface area (Å²) in [4.78, 5) is 10.5. The number of carboxylic acid groups (broad SMARTS) is 1. The molecule has 0 amide bonds. The number of aliphatic carboxylic acids is 1. The van der Waals surface area contributed by atoms with E-state index < -0.39 is 12.0 Å². The molecule has 0 saturated heterocycles. The average Bonchev–Trinajstić information content (AvgIpc) is 2.19. The van der Waals surface area contributed by atoms with E-state index >= 15 is 0 Å². The Bertz CT molecular complexity index is 361. The molecular formula is C12H17NO2. The molecule has 0 aliphatic carbocycles. The fourth-order valence-electron chi connectivity index (χ4n) is 1.40. The lowest BCUT2D eigenvalue weighted by Gasteiger charge is -2.07. The van der Waals surface area contributed by atoms with E-state index in [-0.39, 0.29) is 0 Å². The van der Waals surface area contributed by atoms with E-state index in [0.717, 1.165) is 5.56 Å². The van der Waals surface area contributed by atoms with Crippen LogP contribution in [0.3, 0.4) is 0 Å². The van der Waals surface area contributed by atoms with Crippen LogP contribution in [0.4, 0.5) is 0 Å². The zero-order chi connectivity index (χ0) is 11.4. The first-order valence-electron chi connectivity index (χ1n) is 5.05. The van der Waals surface area contributed by atoms with Gasteiger partial charge in [-0.15, -0.1) is 0 Å². The molecule has 0 aliphatic rings. The van der Waals surface area contributed by atoms with Gasteiger partial charge in [-0.1, -0.05) is 18.2 Å². The normalized spacial score (nSPS) is 12.5.